The molecule has 5 heteroatoms. The number of hydrogen-bond donors (Lipinski definition) is 1. The van der Waals surface area contributed by atoms with Gasteiger partial charge in [0.2, 0.25) is 0 Å². The van der Waals surface area contributed by atoms with Crippen LogP contribution in [0.4, 0.5) is 0 Å². The molecule has 0 saturated carbocycles. The maximum atomic E-state index is 11.8. The van der Waals surface area contributed by atoms with Gasteiger partial charge in [-0.3, -0.25) is 4.79 Å². The van der Waals surface area contributed by atoms with Crippen LogP contribution in [0.25, 0.3) is 0 Å². The summed E-state index contributed by atoms with van der Waals surface area (Å²) in [5, 5.41) is 10.8. The molecule has 0 aromatic heterocycles. The van der Waals surface area contributed by atoms with E-state index < -0.39 is 36.5 Å². The molecule has 1 aliphatic rings. The first-order chi connectivity index (χ1) is 13.6. The zero-order valence-electron chi connectivity index (χ0n) is 15.9. The molecule has 0 bridgehead atoms. The quantitative estimate of drug-likeness (QED) is 0.558. The number of benzene rings is 2. The molecule has 1 N–H and O–H groups in total. The van der Waals surface area contributed by atoms with Crippen LogP contribution < -0.4 is 0 Å². The summed E-state index contributed by atoms with van der Waals surface area (Å²) in [5.41, 5.74) is 1.78. The van der Waals surface area contributed by atoms with Crippen molar-refractivity contribution in [2.24, 2.45) is 0 Å². The molecule has 1 saturated heterocycles. The van der Waals surface area contributed by atoms with E-state index in [-0.39, 0.29) is 0 Å². The van der Waals surface area contributed by atoms with Crippen LogP contribution in [0.15, 0.2) is 73.3 Å². The van der Waals surface area contributed by atoms with Crippen molar-refractivity contribution >= 4 is 5.97 Å². The van der Waals surface area contributed by atoms with Gasteiger partial charge in [-0.05, 0) is 17.5 Å². The van der Waals surface area contributed by atoms with Crippen LogP contribution in [-0.2, 0) is 25.6 Å². The Morgan fingerprint density at radius 2 is 1.82 bits per heavy atom. The zero-order valence-corrected chi connectivity index (χ0v) is 15.9. The highest BCUT2D eigenvalue weighted by Gasteiger charge is 2.49. The van der Waals surface area contributed by atoms with Gasteiger partial charge < -0.3 is 19.3 Å². The Hall–Kier alpha value is -2.47. The van der Waals surface area contributed by atoms with E-state index in [1.807, 2.05) is 60.7 Å². The lowest BCUT2D eigenvalue weighted by molar-refractivity contribution is -0.161. The molecule has 1 heterocycles. The second kappa shape index (κ2) is 9.64. The fourth-order valence-electron chi connectivity index (χ4n) is 3.47. The molecule has 148 valence electrons. The van der Waals surface area contributed by atoms with Crippen molar-refractivity contribution in [3.63, 3.8) is 0 Å². The zero-order chi connectivity index (χ0) is 19.9. The number of rotatable bonds is 8. The second-order valence-corrected chi connectivity index (χ2v) is 6.86. The SMILES string of the molecule is C=CC[C@H]1O[C@H]([C@@H](OC(C)=O)c2ccccc2)[C@H](OCc2ccccc2)[C@H]1O. The van der Waals surface area contributed by atoms with E-state index >= 15 is 0 Å². The van der Waals surface area contributed by atoms with Gasteiger partial charge >= 0.3 is 5.97 Å². The van der Waals surface area contributed by atoms with E-state index in [0.717, 1.165) is 11.1 Å². The highest BCUT2D eigenvalue weighted by molar-refractivity contribution is 5.66. The van der Waals surface area contributed by atoms with Crippen LogP contribution in [0.5, 0.6) is 0 Å². The topological polar surface area (TPSA) is 65.0 Å². The van der Waals surface area contributed by atoms with Crippen LogP contribution in [-0.4, -0.2) is 35.5 Å². The molecule has 1 aliphatic heterocycles. The number of carbonyl (C=O) groups excluding carboxylic acids is 1. The molecule has 3 rings (SSSR count). The van der Waals surface area contributed by atoms with Gasteiger partial charge in [0.05, 0.1) is 12.7 Å². The Balaban J connectivity index is 1.86. The number of ether oxygens (including phenoxy) is 3. The van der Waals surface area contributed by atoms with Crippen LogP contribution in [0.2, 0.25) is 0 Å². The van der Waals surface area contributed by atoms with Gasteiger partial charge in [0.1, 0.15) is 18.3 Å². The summed E-state index contributed by atoms with van der Waals surface area (Å²) in [4.78, 5) is 11.8. The van der Waals surface area contributed by atoms with Crippen molar-refractivity contribution in [3.8, 4) is 0 Å². The first-order valence-electron chi connectivity index (χ1n) is 9.42. The Kier molecular flexibility index (Phi) is 6.98. The molecular weight excluding hydrogens is 356 g/mol. The van der Waals surface area contributed by atoms with Crippen molar-refractivity contribution < 1.29 is 24.1 Å². The van der Waals surface area contributed by atoms with Gasteiger partial charge in [-0.25, -0.2) is 0 Å². The van der Waals surface area contributed by atoms with Gasteiger partial charge in [-0.2, -0.15) is 0 Å². The number of aliphatic hydroxyl groups is 1. The predicted octanol–water partition coefficient (Wildman–Crippen LogP) is 3.58. The summed E-state index contributed by atoms with van der Waals surface area (Å²) in [6, 6.07) is 19.1. The molecule has 1 fully saturated rings. The van der Waals surface area contributed by atoms with Gasteiger partial charge in [0.15, 0.2) is 6.10 Å². The maximum absolute atomic E-state index is 11.8. The highest BCUT2D eigenvalue weighted by atomic mass is 16.6. The number of carbonyl (C=O) groups is 1. The first-order valence-corrected chi connectivity index (χ1v) is 9.42. The normalized spacial score (nSPS) is 25.2. The minimum Gasteiger partial charge on any atom is -0.455 e. The molecule has 28 heavy (non-hydrogen) atoms. The Labute approximate surface area is 165 Å². The molecule has 5 nitrogen and oxygen atoms in total. The summed E-state index contributed by atoms with van der Waals surface area (Å²) in [6.45, 7) is 5.42. The standard InChI is InChI=1S/C23H26O5/c1-3-10-19-20(25)22(26-15-17-11-6-4-7-12-17)23(28-19)21(27-16(2)24)18-13-8-5-9-14-18/h3-9,11-14,19-23,25H,1,10,15H2,2H3/t19-,20+,21+,22-,23-/m1/s1. The van der Waals surface area contributed by atoms with Crippen molar-refractivity contribution in [1.82, 2.24) is 0 Å². The Morgan fingerprint density at radius 3 is 2.43 bits per heavy atom. The second-order valence-electron chi connectivity index (χ2n) is 6.86. The average Bonchev–Trinajstić information content (AvgIpc) is 3.01. The van der Waals surface area contributed by atoms with Gasteiger partial charge in [0.25, 0.3) is 0 Å². The lowest BCUT2D eigenvalue weighted by Crippen LogP contribution is -2.39. The minimum absolute atomic E-state index is 0.324. The van der Waals surface area contributed by atoms with Gasteiger partial charge in [0, 0.05) is 6.92 Å². The van der Waals surface area contributed by atoms with E-state index in [0.29, 0.717) is 13.0 Å². The predicted molar refractivity (Wildman–Crippen MR) is 105 cm³/mol. The van der Waals surface area contributed by atoms with Crippen molar-refractivity contribution in [2.45, 2.75) is 50.5 Å². The summed E-state index contributed by atoms with van der Waals surface area (Å²) in [5.74, 6) is -0.416. The third-order valence-corrected chi connectivity index (χ3v) is 4.78. The van der Waals surface area contributed by atoms with Crippen LogP contribution in [0, 0.1) is 0 Å². The van der Waals surface area contributed by atoms with E-state index in [4.69, 9.17) is 14.2 Å². The van der Waals surface area contributed by atoms with E-state index in [9.17, 15) is 9.90 Å². The lowest BCUT2D eigenvalue weighted by atomic mass is 9.97. The summed E-state index contributed by atoms with van der Waals surface area (Å²) >= 11 is 0. The molecule has 0 radical (unpaired) electrons. The highest BCUT2D eigenvalue weighted by Crippen LogP contribution is 2.36. The molecule has 0 amide bonds. The monoisotopic (exact) mass is 382 g/mol. The van der Waals surface area contributed by atoms with E-state index in [2.05, 4.69) is 6.58 Å². The number of esters is 1. The molecule has 0 aliphatic carbocycles. The van der Waals surface area contributed by atoms with Gasteiger partial charge in [-0.15, -0.1) is 6.58 Å². The van der Waals surface area contributed by atoms with Crippen molar-refractivity contribution in [1.29, 1.82) is 0 Å². The summed E-state index contributed by atoms with van der Waals surface area (Å²) in [6.07, 6.45) is -1.09. The fourth-order valence-corrected chi connectivity index (χ4v) is 3.47. The molecule has 2 aromatic carbocycles. The van der Waals surface area contributed by atoms with Crippen LogP contribution in [0.3, 0.4) is 0 Å². The van der Waals surface area contributed by atoms with Gasteiger partial charge in [-0.1, -0.05) is 66.7 Å². The number of aliphatic hydroxyl groups excluding tert-OH is 1. The smallest absolute Gasteiger partial charge is 0.303 e. The van der Waals surface area contributed by atoms with Crippen molar-refractivity contribution in [3.05, 3.63) is 84.4 Å². The van der Waals surface area contributed by atoms with E-state index in [1.54, 1.807) is 6.08 Å². The lowest BCUT2D eigenvalue weighted by Gasteiger charge is -2.28. The van der Waals surface area contributed by atoms with Crippen molar-refractivity contribution in [2.75, 3.05) is 0 Å². The Morgan fingerprint density at radius 1 is 1.18 bits per heavy atom. The Bertz CT molecular complexity index is 761. The molecule has 2 aromatic rings. The molecular formula is C23H26O5. The van der Waals surface area contributed by atoms with E-state index in [1.165, 1.54) is 6.92 Å². The summed E-state index contributed by atoms with van der Waals surface area (Å²) in [7, 11) is 0. The number of hydrogen-bond acceptors (Lipinski definition) is 5. The average molecular weight is 382 g/mol. The molecule has 0 unspecified atom stereocenters. The van der Waals surface area contributed by atoms with Crippen LogP contribution >= 0.6 is 0 Å². The first kappa shape index (κ1) is 20.3. The fraction of sp³-hybridized carbons (Fsp3) is 0.348. The third kappa shape index (κ3) is 4.87. The molecule has 0 spiro atoms. The largest absolute Gasteiger partial charge is 0.455 e. The van der Waals surface area contributed by atoms with Crippen LogP contribution in [0.1, 0.15) is 30.6 Å². The minimum atomic E-state index is -0.853. The third-order valence-electron chi connectivity index (χ3n) is 4.78. The maximum Gasteiger partial charge on any atom is 0.303 e. The summed E-state index contributed by atoms with van der Waals surface area (Å²) < 4.78 is 17.8. The molecule has 5 atom stereocenters.